The minimum atomic E-state index is -4.27. The molecule has 1 aliphatic heterocycles. The van der Waals surface area contributed by atoms with Crippen molar-refractivity contribution in [3.8, 4) is 0 Å². The van der Waals surface area contributed by atoms with Crippen molar-refractivity contribution in [2.75, 3.05) is 13.1 Å². The van der Waals surface area contributed by atoms with Crippen LogP contribution in [0.1, 0.15) is 36.2 Å². The largest absolute Gasteiger partial charge is 0.416 e. The SMILES string of the molecule is Cn1ccnc1CN1CCC[C@H](CCc2ccccc2C(F)(F)F)C1. The Kier molecular flexibility index (Phi) is 5.47. The van der Waals surface area contributed by atoms with Crippen molar-refractivity contribution in [1.29, 1.82) is 0 Å². The first kappa shape index (κ1) is 18.0. The second kappa shape index (κ2) is 7.60. The van der Waals surface area contributed by atoms with Gasteiger partial charge in [0.1, 0.15) is 5.82 Å². The van der Waals surface area contributed by atoms with E-state index >= 15 is 0 Å². The predicted octanol–water partition coefficient (Wildman–Crippen LogP) is 4.28. The summed E-state index contributed by atoms with van der Waals surface area (Å²) in [4.78, 5) is 6.73. The van der Waals surface area contributed by atoms with Gasteiger partial charge in [0.2, 0.25) is 0 Å². The molecule has 1 aromatic carbocycles. The highest BCUT2D eigenvalue weighted by Crippen LogP contribution is 2.33. The van der Waals surface area contributed by atoms with Gasteiger partial charge in [-0.15, -0.1) is 0 Å². The molecule has 0 N–H and O–H groups in total. The maximum atomic E-state index is 13.1. The maximum absolute atomic E-state index is 13.1. The van der Waals surface area contributed by atoms with Crippen molar-refractivity contribution in [2.24, 2.45) is 13.0 Å². The van der Waals surface area contributed by atoms with Gasteiger partial charge in [-0.05, 0) is 49.8 Å². The van der Waals surface area contributed by atoms with Crippen LogP contribution in [0.25, 0.3) is 0 Å². The fourth-order valence-corrected chi connectivity index (χ4v) is 3.65. The number of hydrogen-bond acceptors (Lipinski definition) is 2. The first-order valence-corrected chi connectivity index (χ1v) is 8.77. The van der Waals surface area contributed by atoms with E-state index < -0.39 is 11.7 Å². The number of halogens is 3. The Hall–Kier alpha value is -1.82. The maximum Gasteiger partial charge on any atom is 0.416 e. The second-order valence-electron chi connectivity index (χ2n) is 6.89. The predicted molar refractivity (Wildman–Crippen MR) is 91.0 cm³/mol. The monoisotopic (exact) mass is 351 g/mol. The lowest BCUT2D eigenvalue weighted by Gasteiger charge is -2.32. The van der Waals surface area contributed by atoms with E-state index in [1.807, 2.05) is 17.8 Å². The van der Waals surface area contributed by atoms with Crippen LogP contribution in [0.4, 0.5) is 13.2 Å². The summed E-state index contributed by atoms with van der Waals surface area (Å²) in [7, 11) is 1.98. The number of benzene rings is 1. The van der Waals surface area contributed by atoms with Gasteiger partial charge in [0.15, 0.2) is 0 Å². The summed E-state index contributed by atoms with van der Waals surface area (Å²) < 4.78 is 41.3. The molecular weight excluding hydrogens is 327 g/mol. The molecular formula is C19H24F3N3. The molecule has 0 bridgehead atoms. The number of likely N-dealkylation sites (tertiary alicyclic amines) is 1. The van der Waals surface area contributed by atoms with E-state index in [0.29, 0.717) is 17.9 Å². The molecule has 3 nitrogen and oxygen atoms in total. The van der Waals surface area contributed by atoms with Crippen LogP contribution in [0.15, 0.2) is 36.7 Å². The van der Waals surface area contributed by atoms with Crippen molar-refractivity contribution in [1.82, 2.24) is 14.5 Å². The summed E-state index contributed by atoms with van der Waals surface area (Å²) >= 11 is 0. The molecule has 1 aromatic heterocycles. The van der Waals surface area contributed by atoms with E-state index in [0.717, 1.165) is 44.7 Å². The van der Waals surface area contributed by atoms with Gasteiger partial charge >= 0.3 is 6.18 Å². The molecule has 0 amide bonds. The zero-order valence-corrected chi connectivity index (χ0v) is 14.5. The van der Waals surface area contributed by atoms with Crippen LogP contribution < -0.4 is 0 Å². The molecule has 1 saturated heterocycles. The van der Waals surface area contributed by atoms with Gasteiger partial charge in [0.05, 0.1) is 12.1 Å². The Morgan fingerprint density at radius 3 is 2.76 bits per heavy atom. The van der Waals surface area contributed by atoms with Gasteiger partial charge < -0.3 is 4.57 Å². The third-order valence-electron chi connectivity index (χ3n) is 5.03. The lowest BCUT2D eigenvalue weighted by Crippen LogP contribution is -2.35. The third-order valence-corrected chi connectivity index (χ3v) is 5.03. The smallest absolute Gasteiger partial charge is 0.337 e. The highest BCUT2D eigenvalue weighted by atomic mass is 19.4. The van der Waals surface area contributed by atoms with Gasteiger partial charge in [0.25, 0.3) is 0 Å². The summed E-state index contributed by atoms with van der Waals surface area (Å²) in [5.74, 6) is 1.47. The van der Waals surface area contributed by atoms with E-state index in [-0.39, 0.29) is 0 Å². The molecule has 0 spiro atoms. The molecule has 2 heterocycles. The summed E-state index contributed by atoms with van der Waals surface area (Å²) in [6.45, 7) is 2.77. The average Bonchev–Trinajstić information content (AvgIpc) is 2.98. The Balaban J connectivity index is 1.58. The van der Waals surface area contributed by atoms with E-state index in [1.54, 1.807) is 18.3 Å². The lowest BCUT2D eigenvalue weighted by atomic mass is 9.90. The molecule has 1 fully saturated rings. The van der Waals surface area contributed by atoms with Crippen LogP contribution in [0.2, 0.25) is 0 Å². The third kappa shape index (κ3) is 4.63. The molecule has 1 atom stereocenters. The standard InChI is InChI=1S/C19H24F3N3/c1-24-12-10-23-18(24)14-25-11-4-5-15(13-25)8-9-16-6-2-3-7-17(16)19(20,21)22/h2-3,6-7,10,12,15H,4-5,8-9,11,13-14H2,1H3/t15-/m1/s1. The fourth-order valence-electron chi connectivity index (χ4n) is 3.65. The van der Waals surface area contributed by atoms with E-state index in [4.69, 9.17) is 0 Å². The van der Waals surface area contributed by atoms with E-state index in [1.165, 1.54) is 12.1 Å². The van der Waals surface area contributed by atoms with Crippen molar-refractivity contribution in [3.63, 3.8) is 0 Å². The molecule has 6 heteroatoms. The normalized spacial score (nSPS) is 19.3. The Morgan fingerprint density at radius 1 is 1.24 bits per heavy atom. The number of aryl methyl sites for hydroxylation is 2. The van der Waals surface area contributed by atoms with Gasteiger partial charge in [-0.3, -0.25) is 4.90 Å². The highest BCUT2D eigenvalue weighted by Gasteiger charge is 2.33. The number of piperidine rings is 1. The quantitative estimate of drug-likeness (QED) is 0.801. The van der Waals surface area contributed by atoms with Gasteiger partial charge in [-0.25, -0.2) is 4.98 Å². The Labute approximate surface area is 146 Å². The highest BCUT2D eigenvalue weighted by molar-refractivity contribution is 5.29. The van der Waals surface area contributed by atoms with Gasteiger partial charge in [-0.1, -0.05) is 18.2 Å². The molecule has 0 radical (unpaired) electrons. The zero-order chi connectivity index (χ0) is 17.9. The van der Waals surface area contributed by atoms with Crippen molar-refractivity contribution >= 4 is 0 Å². The Morgan fingerprint density at radius 2 is 2.04 bits per heavy atom. The van der Waals surface area contributed by atoms with Crippen molar-refractivity contribution in [3.05, 3.63) is 53.6 Å². The summed E-state index contributed by atoms with van der Waals surface area (Å²) in [6.07, 6.45) is 2.92. The van der Waals surface area contributed by atoms with Crippen LogP contribution >= 0.6 is 0 Å². The van der Waals surface area contributed by atoms with Crippen molar-refractivity contribution in [2.45, 2.75) is 38.4 Å². The number of aromatic nitrogens is 2. The minimum Gasteiger partial charge on any atom is -0.337 e. The lowest BCUT2D eigenvalue weighted by molar-refractivity contribution is -0.138. The molecule has 0 unspecified atom stereocenters. The first-order valence-electron chi connectivity index (χ1n) is 8.77. The molecule has 136 valence electrons. The molecule has 0 saturated carbocycles. The second-order valence-corrected chi connectivity index (χ2v) is 6.89. The first-order chi connectivity index (χ1) is 11.9. The molecule has 0 aliphatic carbocycles. The molecule has 1 aliphatic rings. The van der Waals surface area contributed by atoms with E-state index in [9.17, 15) is 13.2 Å². The van der Waals surface area contributed by atoms with Gasteiger partial charge in [-0.2, -0.15) is 13.2 Å². The number of imidazole rings is 1. The van der Waals surface area contributed by atoms with E-state index in [2.05, 4.69) is 9.88 Å². The van der Waals surface area contributed by atoms with Crippen LogP contribution in [0.3, 0.4) is 0 Å². The zero-order valence-electron chi connectivity index (χ0n) is 14.5. The van der Waals surface area contributed by atoms with Crippen LogP contribution in [0.5, 0.6) is 0 Å². The van der Waals surface area contributed by atoms with Gasteiger partial charge in [0, 0.05) is 26.0 Å². The molecule has 25 heavy (non-hydrogen) atoms. The van der Waals surface area contributed by atoms with Crippen LogP contribution in [-0.4, -0.2) is 27.5 Å². The summed E-state index contributed by atoms with van der Waals surface area (Å²) in [6, 6.07) is 5.95. The number of hydrogen-bond donors (Lipinski definition) is 0. The topological polar surface area (TPSA) is 21.1 Å². The summed E-state index contributed by atoms with van der Waals surface area (Å²) in [5.41, 5.74) is -0.0769. The van der Waals surface area contributed by atoms with Crippen LogP contribution in [0, 0.1) is 5.92 Å². The number of nitrogens with zero attached hydrogens (tertiary/aromatic N) is 3. The summed E-state index contributed by atoms with van der Waals surface area (Å²) in [5, 5.41) is 0. The number of alkyl halides is 3. The molecule has 2 aromatic rings. The fraction of sp³-hybridized carbons (Fsp3) is 0.526. The average molecular weight is 351 g/mol. The minimum absolute atomic E-state index is 0.413. The number of rotatable bonds is 5. The van der Waals surface area contributed by atoms with Crippen molar-refractivity contribution < 1.29 is 13.2 Å². The molecule has 3 rings (SSSR count). The van der Waals surface area contributed by atoms with Crippen LogP contribution in [-0.2, 0) is 26.2 Å². The Bertz CT molecular complexity index is 693.